The fraction of sp³-hybridized carbons (Fsp3) is 0. The van der Waals surface area contributed by atoms with Crippen LogP contribution in [-0.4, -0.2) is 48.2 Å². The van der Waals surface area contributed by atoms with Gasteiger partial charge in [0.1, 0.15) is 22.3 Å². The molecule has 586 valence electrons. The molecule has 26 rings (SSSR count). The van der Waals surface area contributed by atoms with Gasteiger partial charge in [-0.25, -0.2) is 29.9 Å². The zero-order chi connectivity index (χ0) is 82.6. The Morgan fingerprint density at radius 3 is 0.968 bits per heavy atom. The van der Waals surface area contributed by atoms with Crippen LogP contribution in [-0.2, 0) is 0 Å². The van der Waals surface area contributed by atoms with E-state index in [9.17, 15) is 0 Å². The molecular weight excluding hydrogens is 1540 g/mol. The van der Waals surface area contributed by atoms with Crippen molar-refractivity contribution in [2.24, 2.45) is 0 Å². The molecule has 18 aromatic carbocycles. The van der Waals surface area contributed by atoms with Crippen molar-refractivity contribution >= 4 is 131 Å². The molecule has 0 atom stereocenters. The zero-order valence-electron chi connectivity index (χ0n) is 67.5. The second-order valence-electron chi connectivity index (χ2n) is 32.3. The first kappa shape index (κ1) is 70.6. The number of hydrogen-bond acceptors (Lipinski definition) is 8. The molecule has 0 saturated heterocycles. The van der Waals surface area contributed by atoms with Crippen LogP contribution in [0.15, 0.2) is 421 Å². The Balaban J connectivity index is 0.703. The lowest BCUT2D eigenvalue weighted by molar-refractivity contribution is 0.669. The monoisotopic (exact) mass is 1610 g/mol. The third-order valence-electron chi connectivity index (χ3n) is 25.3. The maximum Gasteiger partial charge on any atom is 0.164 e. The van der Waals surface area contributed by atoms with Crippen LogP contribution in [0.3, 0.4) is 0 Å². The van der Waals surface area contributed by atoms with Crippen LogP contribution < -0.4 is 0 Å². The summed E-state index contributed by atoms with van der Waals surface area (Å²) in [6.07, 6.45) is 0. The van der Waals surface area contributed by atoms with Crippen LogP contribution in [0.25, 0.3) is 256 Å². The van der Waals surface area contributed by atoms with Crippen molar-refractivity contribution in [3.05, 3.63) is 413 Å². The number of hydrogen-bond donors (Lipinski definition) is 0. The number of para-hydroxylation sites is 10. The van der Waals surface area contributed by atoms with E-state index in [1.54, 1.807) is 0 Å². The smallest absolute Gasteiger partial charge is 0.164 e. The van der Waals surface area contributed by atoms with Gasteiger partial charge in [0.2, 0.25) is 0 Å². The van der Waals surface area contributed by atoms with Gasteiger partial charge in [-0.3, -0.25) is 0 Å². The summed E-state index contributed by atoms with van der Waals surface area (Å²) in [5, 5.41) is 13.0. The van der Waals surface area contributed by atoms with Crippen molar-refractivity contribution in [2.75, 3.05) is 0 Å². The van der Waals surface area contributed by atoms with Crippen molar-refractivity contribution in [1.82, 2.24) is 48.2 Å². The van der Waals surface area contributed by atoms with Gasteiger partial charge in [-0.2, -0.15) is 0 Å². The second-order valence-corrected chi connectivity index (χ2v) is 32.3. The number of aromatic nitrogens is 10. The summed E-state index contributed by atoms with van der Waals surface area (Å²) in [5.41, 5.74) is 26.0. The Morgan fingerprint density at radius 2 is 0.484 bits per heavy atom. The molecule has 0 aliphatic heterocycles. The van der Waals surface area contributed by atoms with Crippen molar-refractivity contribution in [3.8, 4) is 124 Å². The molecule has 0 amide bonds. The zero-order valence-corrected chi connectivity index (χ0v) is 67.5. The number of nitrogens with zero attached hydrogens (tertiary/aromatic N) is 10. The molecule has 0 radical (unpaired) electrons. The quantitative estimate of drug-likeness (QED) is 0.112. The minimum atomic E-state index is 0.509. The lowest BCUT2D eigenvalue weighted by atomic mass is 9.93. The summed E-state index contributed by atoms with van der Waals surface area (Å²) in [4.78, 5) is 33.3. The highest BCUT2D eigenvalue weighted by Crippen LogP contribution is 2.52. The third-order valence-corrected chi connectivity index (χ3v) is 25.3. The van der Waals surface area contributed by atoms with E-state index in [2.05, 4.69) is 358 Å². The maximum absolute atomic E-state index is 7.21. The molecule has 0 saturated carbocycles. The minimum Gasteiger partial charge on any atom is -0.456 e. The van der Waals surface area contributed by atoms with Gasteiger partial charge in [0, 0.05) is 115 Å². The van der Waals surface area contributed by atoms with E-state index < -0.39 is 0 Å². The molecule has 8 aromatic heterocycles. The van der Waals surface area contributed by atoms with E-state index in [1.807, 2.05) is 72.8 Å². The molecule has 8 heterocycles. The normalized spacial score (nSPS) is 12.0. The predicted octanol–water partition coefficient (Wildman–Crippen LogP) is 29.2. The van der Waals surface area contributed by atoms with E-state index in [1.165, 1.54) is 0 Å². The molecule has 0 bridgehead atoms. The Bertz CT molecular complexity index is 8780. The highest BCUT2D eigenvalue weighted by Gasteiger charge is 2.32. The second kappa shape index (κ2) is 28.2. The van der Waals surface area contributed by atoms with Crippen molar-refractivity contribution in [2.45, 2.75) is 0 Å². The van der Waals surface area contributed by atoms with Gasteiger partial charge in [-0.15, -0.1) is 0 Å². The summed E-state index contributed by atoms with van der Waals surface area (Å²) in [6, 6.07) is 146. The molecule has 0 N–H and O–H groups in total. The van der Waals surface area contributed by atoms with Gasteiger partial charge in [0.05, 0.1) is 66.9 Å². The lowest BCUT2D eigenvalue weighted by Crippen LogP contribution is -2.08. The summed E-state index contributed by atoms with van der Waals surface area (Å²) < 4.78 is 23.7. The van der Waals surface area contributed by atoms with Gasteiger partial charge in [-0.05, 0) is 126 Å². The van der Waals surface area contributed by atoms with Crippen molar-refractivity contribution < 1.29 is 8.83 Å². The molecule has 12 nitrogen and oxygen atoms in total. The van der Waals surface area contributed by atoms with Crippen molar-refractivity contribution in [3.63, 3.8) is 0 Å². The van der Waals surface area contributed by atoms with Gasteiger partial charge in [0.25, 0.3) is 0 Å². The number of benzene rings is 18. The van der Waals surface area contributed by atoms with Crippen LogP contribution in [0.2, 0.25) is 0 Å². The first-order valence-electron chi connectivity index (χ1n) is 42.5. The lowest BCUT2D eigenvalue weighted by Gasteiger charge is -2.23. The van der Waals surface area contributed by atoms with Crippen LogP contribution in [0, 0.1) is 0 Å². The summed E-state index contributed by atoms with van der Waals surface area (Å²) in [5.74, 6) is 3.19. The van der Waals surface area contributed by atoms with Gasteiger partial charge < -0.3 is 27.1 Å². The average molecular weight is 1610 g/mol. The van der Waals surface area contributed by atoms with Crippen LogP contribution in [0.4, 0.5) is 0 Å². The number of fused-ring (bicyclic) bond motifs is 18. The maximum atomic E-state index is 7.21. The van der Waals surface area contributed by atoms with Gasteiger partial charge >= 0.3 is 0 Å². The first-order chi connectivity index (χ1) is 62.5. The molecule has 126 heavy (non-hydrogen) atoms. The standard InChI is InChI=1S/C114H68N10O2/c1-4-30-69(31-5-1)109-115-110(70-32-6-2-7-33-70)119-114(118-109)88-61-64-100(107(124-96-54-24-14-42-80(96)81-43-15-25-55-97(81)124)105(88)86-48-29-47-85-83-45-17-27-57-102(83)126-108(85)86)122-93-51-21-16-44-82(93)89-67-73(58-62-98(89)122)72-36-28-37-75(66-72)112-116-111(71-34-8-3-9-35-71)117-113(120-112)87-60-63-99(121-91-49-19-10-38-76(91)77-39-11-20-50-92(77)121)106(123-94-52-22-12-40-78(94)79-41-13-23-53-95(79)123)104(87)74-59-65-103-90(68-74)84-46-18-26-56-101(84)125-103/h1-68H. The Kier molecular flexibility index (Phi) is 15.8. The van der Waals surface area contributed by atoms with Crippen LogP contribution >= 0.6 is 0 Å². The Labute approximate surface area is 720 Å². The van der Waals surface area contributed by atoms with Crippen LogP contribution in [0.1, 0.15) is 0 Å². The molecule has 0 aliphatic rings. The number of furan rings is 2. The fourth-order valence-electron chi connectivity index (χ4n) is 19.8. The third kappa shape index (κ3) is 11.0. The van der Waals surface area contributed by atoms with E-state index in [0.717, 1.165) is 221 Å². The van der Waals surface area contributed by atoms with Gasteiger partial charge in [0.15, 0.2) is 34.9 Å². The Hall–Kier alpha value is -17.2. The topological polar surface area (TPSA) is 123 Å². The van der Waals surface area contributed by atoms with E-state index in [-0.39, 0.29) is 0 Å². The highest BCUT2D eigenvalue weighted by atomic mass is 16.3. The molecule has 0 unspecified atom stereocenters. The minimum absolute atomic E-state index is 0.509. The summed E-state index contributed by atoms with van der Waals surface area (Å²) >= 11 is 0. The van der Waals surface area contributed by atoms with E-state index in [4.69, 9.17) is 38.7 Å². The van der Waals surface area contributed by atoms with Crippen molar-refractivity contribution in [1.29, 1.82) is 0 Å². The van der Waals surface area contributed by atoms with Gasteiger partial charge in [-0.1, -0.05) is 303 Å². The highest BCUT2D eigenvalue weighted by molar-refractivity contribution is 6.18. The first-order valence-corrected chi connectivity index (χ1v) is 42.5. The van der Waals surface area contributed by atoms with Crippen LogP contribution in [0.5, 0.6) is 0 Å². The molecule has 26 aromatic rings. The SMILES string of the molecule is c1ccc(-c2nc(-c3cccc(-c4ccc5c(c4)c4ccccc4n5-c4ccc(-c5nc(-c6ccccc6)nc(-c6ccccc6)n5)c(-c5cccc6c5oc5ccccc56)c4-n4c5ccccc5c5ccccc54)c3)nc(-c3ccc(-n4c5ccccc5c5ccccc54)c(-n4c5ccccc5c5ccccc54)c3-c3ccc4oc5ccccc5c4c3)n2)cc1. The number of rotatable bonds is 13. The average Bonchev–Trinajstić information content (AvgIpc) is 1.52. The molecule has 12 heteroatoms. The predicted molar refractivity (Wildman–Crippen MR) is 514 cm³/mol. The fourth-order valence-corrected chi connectivity index (χ4v) is 19.8. The Morgan fingerprint density at radius 1 is 0.167 bits per heavy atom. The summed E-state index contributed by atoms with van der Waals surface area (Å²) in [7, 11) is 0. The van der Waals surface area contributed by atoms with E-state index >= 15 is 0 Å². The molecule has 0 aliphatic carbocycles. The van der Waals surface area contributed by atoms with E-state index in [0.29, 0.717) is 34.9 Å². The molecule has 0 fully saturated rings. The largest absolute Gasteiger partial charge is 0.456 e. The molecular formula is C114H68N10O2. The molecule has 0 spiro atoms. The summed E-state index contributed by atoms with van der Waals surface area (Å²) in [6.45, 7) is 0.